The summed E-state index contributed by atoms with van der Waals surface area (Å²) in [5, 5.41) is 0. The Labute approximate surface area is 157 Å². The molecule has 0 saturated carbocycles. The maximum absolute atomic E-state index is 12.3. The highest BCUT2D eigenvalue weighted by atomic mass is 79.9. The summed E-state index contributed by atoms with van der Waals surface area (Å²) in [7, 11) is 1.57. The van der Waals surface area contributed by atoms with E-state index in [1.807, 2.05) is 30.9 Å². The average Bonchev–Trinajstić information content (AvgIpc) is 2.58. The first-order valence-corrected chi connectivity index (χ1v) is 9.21. The van der Waals surface area contributed by atoms with E-state index in [1.165, 1.54) is 6.08 Å². The Kier molecular flexibility index (Phi) is 7.05. The van der Waals surface area contributed by atoms with Gasteiger partial charge in [0.05, 0.1) is 7.11 Å². The smallest absolute Gasteiger partial charge is 0.331 e. The molecule has 0 radical (unpaired) electrons. The molecule has 0 aliphatic carbocycles. The van der Waals surface area contributed by atoms with Crippen molar-refractivity contribution in [3.63, 3.8) is 0 Å². The fourth-order valence-electron chi connectivity index (χ4n) is 3.16. The Hall–Kier alpha value is -1.82. The van der Waals surface area contributed by atoms with Crippen LogP contribution >= 0.6 is 15.9 Å². The predicted octanol–water partition coefficient (Wildman–Crippen LogP) is 3.80. The Morgan fingerprint density at radius 1 is 1.28 bits per heavy atom. The monoisotopic (exact) mass is 409 g/mol. The first-order valence-electron chi connectivity index (χ1n) is 8.42. The van der Waals surface area contributed by atoms with Gasteiger partial charge < -0.3 is 14.4 Å². The fourth-order valence-corrected chi connectivity index (χ4v) is 3.54. The van der Waals surface area contributed by atoms with E-state index >= 15 is 0 Å². The van der Waals surface area contributed by atoms with Crippen LogP contribution in [0.15, 0.2) is 28.7 Å². The van der Waals surface area contributed by atoms with Crippen molar-refractivity contribution in [1.82, 2.24) is 4.90 Å². The van der Waals surface area contributed by atoms with Gasteiger partial charge in [-0.15, -0.1) is 0 Å². The lowest BCUT2D eigenvalue weighted by Gasteiger charge is -2.38. The lowest BCUT2D eigenvalue weighted by atomic mass is 9.97. The SMILES string of the molecule is COc1ccc(Br)cc1/C=C/C(=O)OCC(=O)N1[C@@H](C)CCC[C@@H]1C. The zero-order valence-electron chi connectivity index (χ0n) is 14.8. The second-order valence-corrected chi connectivity index (χ2v) is 7.17. The Morgan fingerprint density at radius 2 is 1.96 bits per heavy atom. The normalized spacial score (nSPS) is 20.6. The Bertz CT molecular complexity index is 649. The van der Waals surface area contributed by atoms with Gasteiger partial charge in [-0.05, 0) is 57.4 Å². The van der Waals surface area contributed by atoms with Crippen LogP contribution in [-0.2, 0) is 14.3 Å². The van der Waals surface area contributed by atoms with Crippen molar-refractivity contribution in [3.05, 3.63) is 34.3 Å². The van der Waals surface area contributed by atoms with Gasteiger partial charge in [-0.1, -0.05) is 15.9 Å². The molecular weight excluding hydrogens is 386 g/mol. The third-order valence-corrected chi connectivity index (χ3v) is 4.90. The molecule has 0 N–H and O–H groups in total. The number of amides is 1. The molecule has 0 unspecified atom stereocenters. The number of ether oxygens (including phenoxy) is 2. The predicted molar refractivity (Wildman–Crippen MR) is 100 cm³/mol. The molecule has 0 aromatic heterocycles. The van der Waals surface area contributed by atoms with Gasteiger partial charge >= 0.3 is 5.97 Å². The zero-order chi connectivity index (χ0) is 18.4. The fraction of sp³-hybridized carbons (Fsp3) is 0.474. The molecule has 1 aromatic rings. The minimum atomic E-state index is -0.548. The van der Waals surface area contributed by atoms with Crippen molar-refractivity contribution in [3.8, 4) is 5.75 Å². The molecule has 1 aromatic carbocycles. The van der Waals surface area contributed by atoms with E-state index in [9.17, 15) is 9.59 Å². The van der Waals surface area contributed by atoms with Crippen molar-refractivity contribution in [2.24, 2.45) is 0 Å². The third kappa shape index (κ3) is 5.33. The van der Waals surface area contributed by atoms with Gasteiger partial charge in [-0.2, -0.15) is 0 Å². The minimum absolute atomic E-state index is 0.138. The molecule has 1 aliphatic heterocycles. The number of benzene rings is 1. The molecule has 0 spiro atoms. The van der Waals surface area contributed by atoms with Crippen LogP contribution in [0.3, 0.4) is 0 Å². The topological polar surface area (TPSA) is 55.8 Å². The van der Waals surface area contributed by atoms with Crippen LogP contribution in [0.2, 0.25) is 0 Å². The number of hydrogen-bond acceptors (Lipinski definition) is 4. The first kappa shape index (κ1) is 19.5. The molecule has 1 saturated heterocycles. The molecular formula is C19H24BrNO4. The number of hydrogen-bond donors (Lipinski definition) is 0. The molecule has 2 atom stereocenters. The van der Waals surface area contributed by atoms with Gasteiger partial charge in [-0.3, -0.25) is 4.79 Å². The van der Waals surface area contributed by atoms with E-state index in [0.29, 0.717) is 5.75 Å². The molecule has 136 valence electrons. The van der Waals surface area contributed by atoms with E-state index < -0.39 is 5.97 Å². The first-order chi connectivity index (χ1) is 11.9. The second kappa shape index (κ2) is 9.04. The van der Waals surface area contributed by atoms with Crippen LogP contribution < -0.4 is 4.74 Å². The molecule has 1 aliphatic rings. The summed E-state index contributed by atoms with van der Waals surface area (Å²) < 4.78 is 11.2. The summed E-state index contributed by atoms with van der Waals surface area (Å²) in [6.07, 6.45) is 6.03. The zero-order valence-corrected chi connectivity index (χ0v) is 16.4. The largest absolute Gasteiger partial charge is 0.496 e. The number of likely N-dealkylation sites (tertiary alicyclic amines) is 1. The molecule has 1 amide bonds. The number of carbonyl (C=O) groups is 2. The summed E-state index contributed by atoms with van der Waals surface area (Å²) in [6.45, 7) is 3.84. The highest BCUT2D eigenvalue weighted by Crippen LogP contribution is 2.24. The van der Waals surface area contributed by atoms with Gasteiger partial charge in [0, 0.05) is 28.2 Å². The Balaban J connectivity index is 1.92. The highest BCUT2D eigenvalue weighted by Gasteiger charge is 2.29. The summed E-state index contributed by atoms with van der Waals surface area (Å²) in [5.74, 6) is -0.0338. The van der Waals surface area contributed by atoms with E-state index in [2.05, 4.69) is 15.9 Å². The van der Waals surface area contributed by atoms with Crippen LogP contribution in [0.1, 0.15) is 38.7 Å². The van der Waals surface area contributed by atoms with E-state index in [1.54, 1.807) is 19.3 Å². The van der Waals surface area contributed by atoms with Crippen LogP contribution in [0.4, 0.5) is 0 Å². The number of rotatable bonds is 5. The number of halogens is 1. The standard InChI is InChI=1S/C19H24BrNO4/c1-13-5-4-6-14(2)21(13)18(22)12-25-19(23)10-7-15-11-16(20)8-9-17(15)24-3/h7-11,13-14H,4-6,12H2,1-3H3/b10-7+/t13-,14-/m0/s1. The molecule has 1 heterocycles. The van der Waals surface area contributed by atoms with Crippen molar-refractivity contribution in [1.29, 1.82) is 0 Å². The number of methoxy groups -OCH3 is 1. The number of esters is 1. The number of piperidine rings is 1. The molecule has 2 rings (SSSR count). The molecule has 6 heteroatoms. The molecule has 1 fully saturated rings. The maximum atomic E-state index is 12.3. The molecule has 0 bridgehead atoms. The lowest BCUT2D eigenvalue weighted by molar-refractivity contribution is -0.151. The van der Waals surface area contributed by atoms with Crippen molar-refractivity contribution in [2.75, 3.05) is 13.7 Å². The number of nitrogens with zero attached hydrogens (tertiary/aromatic N) is 1. The molecule has 5 nitrogen and oxygen atoms in total. The van der Waals surface area contributed by atoms with E-state index in [0.717, 1.165) is 29.3 Å². The van der Waals surface area contributed by atoms with E-state index in [4.69, 9.17) is 9.47 Å². The molecule has 25 heavy (non-hydrogen) atoms. The van der Waals surface area contributed by atoms with Gasteiger partial charge in [0.25, 0.3) is 5.91 Å². The summed E-state index contributed by atoms with van der Waals surface area (Å²) in [5.41, 5.74) is 0.749. The third-order valence-electron chi connectivity index (χ3n) is 4.41. The van der Waals surface area contributed by atoms with Gasteiger partial charge in [-0.25, -0.2) is 4.79 Å². The van der Waals surface area contributed by atoms with Crippen LogP contribution in [0.25, 0.3) is 6.08 Å². The van der Waals surface area contributed by atoms with Crippen molar-refractivity contribution in [2.45, 2.75) is 45.2 Å². The number of carbonyl (C=O) groups excluding carboxylic acids is 2. The van der Waals surface area contributed by atoms with Gasteiger partial charge in [0.2, 0.25) is 0 Å². The average molecular weight is 410 g/mol. The summed E-state index contributed by atoms with van der Waals surface area (Å²) in [4.78, 5) is 26.1. The maximum Gasteiger partial charge on any atom is 0.331 e. The van der Waals surface area contributed by atoms with Crippen LogP contribution in [-0.4, -0.2) is 42.6 Å². The summed E-state index contributed by atoms with van der Waals surface area (Å²) >= 11 is 3.38. The summed E-state index contributed by atoms with van der Waals surface area (Å²) in [6, 6.07) is 5.88. The van der Waals surface area contributed by atoms with Crippen LogP contribution in [0, 0.1) is 0 Å². The highest BCUT2D eigenvalue weighted by molar-refractivity contribution is 9.10. The van der Waals surface area contributed by atoms with E-state index in [-0.39, 0.29) is 24.6 Å². The lowest BCUT2D eigenvalue weighted by Crippen LogP contribution is -2.49. The van der Waals surface area contributed by atoms with Crippen LogP contribution in [0.5, 0.6) is 5.75 Å². The van der Waals surface area contributed by atoms with Gasteiger partial charge in [0.15, 0.2) is 6.61 Å². The second-order valence-electron chi connectivity index (χ2n) is 6.26. The Morgan fingerprint density at radius 3 is 2.60 bits per heavy atom. The van der Waals surface area contributed by atoms with Crippen molar-refractivity contribution >= 4 is 33.9 Å². The minimum Gasteiger partial charge on any atom is -0.496 e. The van der Waals surface area contributed by atoms with Crippen molar-refractivity contribution < 1.29 is 19.1 Å². The van der Waals surface area contributed by atoms with Gasteiger partial charge in [0.1, 0.15) is 5.75 Å². The quantitative estimate of drug-likeness (QED) is 0.547.